The van der Waals surface area contributed by atoms with Gasteiger partial charge in [-0.1, -0.05) is 18.2 Å². The van der Waals surface area contributed by atoms with Gasteiger partial charge in [0, 0.05) is 5.39 Å². The number of ether oxygens (including phenoxy) is 1. The van der Waals surface area contributed by atoms with Crippen molar-refractivity contribution in [2.24, 2.45) is 0 Å². The number of pyridine rings is 1. The number of aromatic nitrogens is 1. The van der Waals surface area contributed by atoms with Gasteiger partial charge in [0.25, 0.3) is 0 Å². The van der Waals surface area contributed by atoms with E-state index in [0.29, 0.717) is 5.56 Å². The zero-order valence-corrected chi connectivity index (χ0v) is 8.23. The van der Waals surface area contributed by atoms with E-state index < -0.39 is 0 Å². The normalized spacial score (nSPS) is 19.0. The monoisotopic (exact) mass is 199 g/mol. The van der Waals surface area contributed by atoms with Crippen molar-refractivity contribution in [2.45, 2.75) is 13.0 Å². The molecule has 74 valence electrons. The molecule has 0 saturated heterocycles. The SMILES string of the molecule is C[C@@H]1OC(=O)c2cc3ccccc3nc21. The van der Waals surface area contributed by atoms with Crippen LogP contribution in [-0.2, 0) is 4.74 Å². The summed E-state index contributed by atoms with van der Waals surface area (Å²) in [6.45, 7) is 1.84. The van der Waals surface area contributed by atoms with Crippen molar-refractivity contribution in [3.05, 3.63) is 41.6 Å². The summed E-state index contributed by atoms with van der Waals surface area (Å²) in [7, 11) is 0. The quantitative estimate of drug-likeness (QED) is 0.612. The van der Waals surface area contributed by atoms with Gasteiger partial charge in [0.1, 0.15) is 6.10 Å². The fraction of sp³-hybridized carbons (Fsp3) is 0.167. The van der Waals surface area contributed by atoms with Crippen LogP contribution in [0.4, 0.5) is 0 Å². The number of carbonyl (C=O) groups is 1. The maximum absolute atomic E-state index is 11.5. The molecule has 3 nitrogen and oxygen atoms in total. The molecule has 1 aromatic carbocycles. The highest BCUT2D eigenvalue weighted by molar-refractivity contribution is 5.97. The first kappa shape index (κ1) is 8.41. The van der Waals surface area contributed by atoms with Crippen LogP contribution in [0, 0.1) is 0 Å². The fourth-order valence-corrected chi connectivity index (χ4v) is 1.88. The van der Waals surface area contributed by atoms with Crippen LogP contribution in [0.5, 0.6) is 0 Å². The van der Waals surface area contributed by atoms with Gasteiger partial charge in [-0.05, 0) is 19.1 Å². The summed E-state index contributed by atoms with van der Waals surface area (Å²) in [5.74, 6) is -0.268. The maximum Gasteiger partial charge on any atom is 0.340 e. The molecule has 0 aliphatic carbocycles. The van der Waals surface area contributed by atoms with Crippen LogP contribution in [0.15, 0.2) is 30.3 Å². The lowest BCUT2D eigenvalue weighted by Gasteiger charge is -2.02. The lowest BCUT2D eigenvalue weighted by Crippen LogP contribution is -1.94. The first-order valence-corrected chi connectivity index (χ1v) is 4.86. The second-order valence-electron chi connectivity index (χ2n) is 3.66. The Morgan fingerprint density at radius 1 is 1.33 bits per heavy atom. The number of rotatable bonds is 0. The van der Waals surface area contributed by atoms with Gasteiger partial charge >= 0.3 is 5.97 Å². The summed E-state index contributed by atoms with van der Waals surface area (Å²) in [5, 5.41) is 0.974. The molecular formula is C12H9NO2. The van der Waals surface area contributed by atoms with Crippen molar-refractivity contribution in [1.82, 2.24) is 4.98 Å². The van der Waals surface area contributed by atoms with E-state index in [-0.39, 0.29) is 12.1 Å². The summed E-state index contributed by atoms with van der Waals surface area (Å²) in [5.41, 5.74) is 2.25. The van der Waals surface area contributed by atoms with Gasteiger partial charge in [-0.3, -0.25) is 0 Å². The number of hydrogen-bond acceptors (Lipinski definition) is 3. The van der Waals surface area contributed by atoms with Gasteiger partial charge in [0.05, 0.1) is 16.8 Å². The van der Waals surface area contributed by atoms with Gasteiger partial charge in [-0.2, -0.15) is 0 Å². The molecule has 3 rings (SSSR count). The highest BCUT2D eigenvalue weighted by Crippen LogP contribution is 2.30. The van der Waals surface area contributed by atoms with Crippen LogP contribution in [0.25, 0.3) is 10.9 Å². The molecule has 0 radical (unpaired) electrons. The standard InChI is InChI=1S/C12H9NO2/c1-7-11-9(12(14)15-7)6-8-4-2-3-5-10(8)13-11/h2-7H,1H3/t7-/m0/s1. The minimum Gasteiger partial charge on any atom is -0.452 e. The summed E-state index contributed by atoms with van der Waals surface area (Å²) >= 11 is 0. The van der Waals surface area contributed by atoms with Crippen molar-refractivity contribution >= 4 is 16.9 Å². The molecule has 2 aromatic rings. The van der Waals surface area contributed by atoms with E-state index in [0.717, 1.165) is 16.6 Å². The van der Waals surface area contributed by atoms with Gasteiger partial charge in [0.2, 0.25) is 0 Å². The Hall–Kier alpha value is -1.90. The van der Waals surface area contributed by atoms with Crippen molar-refractivity contribution < 1.29 is 9.53 Å². The third kappa shape index (κ3) is 1.13. The van der Waals surface area contributed by atoms with Crippen LogP contribution < -0.4 is 0 Å². The molecule has 0 fully saturated rings. The minimum atomic E-state index is -0.268. The Bertz CT molecular complexity index is 563. The maximum atomic E-state index is 11.5. The lowest BCUT2D eigenvalue weighted by atomic mass is 10.1. The van der Waals surface area contributed by atoms with Crippen LogP contribution >= 0.6 is 0 Å². The Morgan fingerprint density at radius 3 is 3.00 bits per heavy atom. The largest absolute Gasteiger partial charge is 0.452 e. The fourth-order valence-electron chi connectivity index (χ4n) is 1.88. The van der Waals surface area contributed by atoms with E-state index in [9.17, 15) is 4.79 Å². The number of carbonyl (C=O) groups excluding carboxylic acids is 1. The molecule has 2 heterocycles. The predicted octanol–water partition coefficient (Wildman–Crippen LogP) is 2.47. The molecule has 0 bridgehead atoms. The number of esters is 1. The molecule has 0 amide bonds. The second-order valence-corrected chi connectivity index (χ2v) is 3.66. The van der Waals surface area contributed by atoms with Gasteiger partial charge < -0.3 is 4.74 Å². The van der Waals surface area contributed by atoms with E-state index in [1.54, 1.807) is 0 Å². The molecule has 15 heavy (non-hydrogen) atoms. The molecule has 0 unspecified atom stereocenters. The topological polar surface area (TPSA) is 39.2 Å². The van der Waals surface area contributed by atoms with E-state index in [4.69, 9.17) is 4.74 Å². The highest BCUT2D eigenvalue weighted by atomic mass is 16.5. The number of cyclic esters (lactones) is 1. The molecule has 0 spiro atoms. The number of fused-ring (bicyclic) bond motifs is 2. The molecule has 1 atom stereocenters. The Labute approximate surface area is 86.7 Å². The van der Waals surface area contributed by atoms with E-state index >= 15 is 0 Å². The summed E-state index contributed by atoms with van der Waals surface area (Å²) in [6.07, 6.45) is -0.225. The number of benzene rings is 1. The van der Waals surface area contributed by atoms with E-state index in [1.807, 2.05) is 37.3 Å². The zero-order valence-electron chi connectivity index (χ0n) is 8.23. The third-order valence-corrected chi connectivity index (χ3v) is 2.64. The van der Waals surface area contributed by atoms with E-state index in [1.165, 1.54) is 0 Å². The molecule has 3 heteroatoms. The zero-order chi connectivity index (χ0) is 10.4. The number of nitrogens with zero attached hydrogens (tertiary/aromatic N) is 1. The number of para-hydroxylation sites is 1. The molecule has 1 aliphatic rings. The average molecular weight is 199 g/mol. The average Bonchev–Trinajstić information content (AvgIpc) is 2.52. The van der Waals surface area contributed by atoms with Crippen molar-refractivity contribution in [3.8, 4) is 0 Å². The smallest absolute Gasteiger partial charge is 0.340 e. The Kier molecular flexibility index (Phi) is 1.57. The Balaban J connectivity index is 2.36. The molecule has 1 aromatic heterocycles. The van der Waals surface area contributed by atoms with Crippen LogP contribution in [0.1, 0.15) is 29.1 Å². The molecular weight excluding hydrogens is 190 g/mol. The third-order valence-electron chi connectivity index (χ3n) is 2.64. The van der Waals surface area contributed by atoms with Crippen LogP contribution in [-0.4, -0.2) is 11.0 Å². The molecule has 0 N–H and O–H groups in total. The van der Waals surface area contributed by atoms with Crippen molar-refractivity contribution in [1.29, 1.82) is 0 Å². The highest BCUT2D eigenvalue weighted by Gasteiger charge is 2.29. The number of hydrogen-bond donors (Lipinski definition) is 0. The predicted molar refractivity (Wildman–Crippen MR) is 55.6 cm³/mol. The minimum absolute atomic E-state index is 0.225. The second kappa shape index (κ2) is 2.79. The van der Waals surface area contributed by atoms with Gasteiger partial charge in [-0.25, -0.2) is 9.78 Å². The molecule has 0 saturated carbocycles. The lowest BCUT2D eigenvalue weighted by molar-refractivity contribution is 0.0418. The van der Waals surface area contributed by atoms with Gasteiger partial charge in [0.15, 0.2) is 0 Å². The first-order valence-electron chi connectivity index (χ1n) is 4.86. The summed E-state index contributed by atoms with van der Waals surface area (Å²) in [4.78, 5) is 15.9. The van der Waals surface area contributed by atoms with Crippen molar-refractivity contribution in [2.75, 3.05) is 0 Å². The van der Waals surface area contributed by atoms with Crippen LogP contribution in [0.2, 0.25) is 0 Å². The first-order chi connectivity index (χ1) is 7.25. The van der Waals surface area contributed by atoms with Gasteiger partial charge in [-0.15, -0.1) is 0 Å². The Morgan fingerprint density at radius 2 is 2.13 bits per heavy atom. The summed E-state index contributed by atoms with van der Waals surface area (Å²) in [6, 6.07) is 9.59. The summed E-state index contributed by atoms with van der Waals surface area (Å²) < 4.78 is 5.10. The van der Waals surface area contributed by atoms with E-state index in [2.05, 4.69) is 4.98 Å². The van der Waals surface area contributed by atoms with Crippen LogP contribution in [0.3, 0.4) is 0 Å². The van der Waals surface area contributed by atoms with Crippen molar-refractivity contribution in [3.63, 3.8) is 0 Å². The molecule has 1 aliphatic heterocycles.